The second kappa shape index (κ2) is 12.5. The van der Waals surface area contributed by atoms with Gasteiger partial charge in [0.05, 0.1) is 19.8 Å². The molecule has 0 aliphatic carbocycles. The van der Waals surface area contributed by atoms with Crippen LogP contribution in [0.2, 0.25) is 0 Å². The summed E-state index contributed by atoms with van der Waals surface area (Å²) in [6.07, 6.45) is -13.7. The summed E-state index contributed by atoms with van der Waals surface area (Å²) in [6, 6.07) is -1.28. The minimum Gasteiger partial charge on any atom is -0.480 e. The Morgan fingerprint density at radius 1 is 1.15 bits per heavy atom. The molecule has 15 nitrogen and oxygen atoms in total. The number of rotatable bonds is 11. The van der Waals surface area contributed by atoms with Gasteiger partial charge >= 0.3 is 5.97 Å². The number of nitrogens with one attached hydrogen (secondary N) is 2. The molecule has 2 heterocycles. The van der Waals surface area contributed by atoms with E-state index in [1.807, 2.05) is 0 Å². The van der Waals surface area contributed by atoms with Gasteiger partial charge in [-0.2, -0.15) is 0 Å². The molecule has 0 aromatic heterocycles. The Kier molecular flexibility index (Phi) is 10.5. The van der Waals surface area contributed by atoms with Crippen LogP contribution in [0.1, 0.15) is 19.8 Å². The van der Waals surface area contributed by atoms with E-state index in [1.165, 1.54) is 0 Å². The molecule has 2 unspecified atom stereocenters. The summed E-state index contributed by atoms with van der Waals surface area (Å²) in [5.41, 5.74) is 0. The molecule has 0 radical (unpaired) electrons. The highest BCUT2D eigenvalue weighted by molar-refractivity contribution is 5.78. The van der Waals surface area contributed by atoms with E-state index in [9.17, 15) is 50.4 Å². The lowest BCUT2D eigenvalue weighted by molar-refractivity contribution is -0.367. The largest absolute Gasteiger partial charge is 0.480 e. The molecule has 2 fully saturated rings. The van der Waals surface area contributed by atoms with E-state index in [4.69, 9.17) is 14.2 Å². The third-order valence-corrected chi connectivity index (χ3v) is 5.73. The summed E-state index contributed by atoms with van der Waals surface area (Å²) in [6.45, 7) is 0.154. The van der Waals surface area contributed by atoms with Crippen molar-refractivity contribution in [1.82, 2.24) is 10.6 Å². The standard InChI is InChI=1S/C19H34N2O13/c1-2-20-11(24)4-3-8(17(29)30)21-7-19(31)16(28)15(9(23)6-32-19)34-18-14(27)13(26)12(25)10(5-22)33-18/h8-10,12-16,18,21-23,25-28,31H,2-7H2,1H3,(H,20,24)(H,29,30)/t8-,9+,10+,12+,13-,14+,15?,16-,18+,19?/m0/s1. The van der Waals surface area contributed by atoms with E-state index in [-0.39, 0.29) is 18.7 Å². The van der Waals surface area contributed by atoms with Crippen LogP contribution in [0, 0.1) is 0 Å². The third-order valence-electron chi connectivity index (χ3n) is 5.73. The zero-order valence-electron chi connectivity index (χ0n) is 18.6. The number of hydrogen-bond donors (Lipinski definition) is 10. The lowest BCUT2D eigenvalue weighted by Crippen LogP contribution is -2.68. The van der Waals surface area contributed by atoms with E-state index in [2.05, 4.69) is 10.6 Å². The first-order chi connectivity index (χ1) is 15.9. The Morgan fingerprint density at radius 3 is 2.41 bits per heavy atom. The van der Waals surface area contributed by atoms with Gasteiger partial charge < -0.3 is 60.4 Å². The molecule has 15 heteroatoms. The Bertz CT molecular complexity index is 683. The normalized spacial score (nSPS) is 39.4. The average Bonchev–Trinajstić information content (AvgIpc) is 2.79. The number of carboxylic acids is 1. The molecule has 0 saturated carbocycles. The molecule has 2 aliphatic heterocycles. The number of aliphatic carboxylic acids is 1. The smallest absolute Gasteiger partial charge is 0.320 e. The van der Waals surface area contributed by atoms with Gasteiger partial charge in [0.15, 0.2) is 6.29 Å². The molecule has 2 rings (SSSR count). The highest BCUT2D eigenvalue weighted by Gasteiger charge is 2.53. The Labute approximate surface area is 194 Å². The maximum Gasteiger partial charge on any atom is 0.320 e. The number of aliphatic hydroxyl groups is 7. The summed E-state index contributed by atoms with van der Waals surface area (Å²) in [7, 11) is 0. The molecular weight excluding hydrogens is 464 g/mol. The van der Waals surface area contributed by atoms with Crippen LogP contribution >= 0.6 is 0 Å². The molecule has 0 aromatic carbocycles. The lowest BCUT2D eigenvalue weighted by atomic mass is 9.95. The Hall–Kier alpha value is -1.50. The molecule has 2 aliphatic rings. The number of hydrogen-bond acceptors (Lipinski definition) is 13. The van der Waals surface area contributed by atoms with Crippen molar-refractivity contribution in [3.8, 4) is 0 Å². The molecule has 1 amide bonds. The Morgan fingerprint density at radius 2 is 1.82 bits per heavy atom. The van der Waals surface area contributed by atoms with Gasteiger partial charge in [-0.05, 0) is 13.3 Å². The zero-order chi connectivity index (χ0) is 25.6. The minimum atomic E-state index is -2.45. The SMILES string of the molecule is CCNC(=O)CC[C@H](NCC1(O)OC[C@@H](O)C(O[C@H]2O[C@H](CO)[C@@H](O)[C@H](O)[C@H]2O)[C@@H]1O)C(=O)O. The average molecular weight is 498 g/mol. The molecule has 10 atom stereocenters. The second-order valence-electron chi connectivity index (χ2n) is 8.23. The highest BCUT2D eigenvalue weighted by Crippen LogP contribution is 2.30. The molecular formula is C19H34N2O13. The van der Waals surface area contributed by atoms with E-state index in [0.717, 1.165) is 0 Å². The van der Waals surface area contributed by atoms with Crippen LogP contribution < -0.4 is 10.6 Å². The molecule has 10 N–H and O–H groups in total. The molecule has 2 saturated heterocycles. The van der Waals surface area contributed by atoms with Crippen molar-refractivity contribution in [3.63, 3.8) is 0 Å². The summed E-state index contributed by atoms with van der Waals surface area (Å²) < 4.78 is 15.7. The van der Waals surface area contributed by atoms with Gasteiger partial charge in [-0.15, -0.1) is 0 Å². The lowest BCUT2D eigenvalue weighted by Gasteiger charge is -2.47. The van der Waals surface area contributed by atoms with E-state index < -0.39 is 86.6 Å². The minimum absolute atomic E-state index is 0.110. The van der Waals surface area contributed by atoms with Gasteiger partial charge in [-0.3, -0.25) is 14.9 Å². The summed E-state index contributed by atoms with van der Waals surface area (Å²) in [5.74, 6) is -4.12. The number of ether oxygens (including phenoxy) is 3. The Balaban J connectivity index is 2.05. The highest BCUT2D eigenvalue weighted by atomic mass is 16.7. The molecule has 34 heavy (non-hydrogen) atoms. The predicted octanol–water partition coefficient (Wildman–Crippen LogP) is -5.43. The number of aliphatic hydroxyl groups excluding tert-OH is 6. The quantitative estimate of drug-likeness (QED) is 0.128. The number of carbonyl (C=O) groups excluding carboxylic acids is 1. The first-order valence-corrected chi connectivity index (χ1v) is 10.9. The van der Waals surface area contributed by atoms with Gasteiger partial charge in [0.25, 0.3) is 0 Å². The van der Waals surface area contributed by atoms with Crippen LogP contribution in [-0.2, 0) is 23.8 Å². The molecule has 198 valence electrons. The van der Waals surface area contributed by atoms with Gasteiger partial charge in [-0.1, -0.05) is 0 Å². The summed E-state index contributed by atoms with van der Waals surface area (Å²) in [5, 5.41) is 85.2. The van der Waals surface area contributed by atoms with Crippen LogP contribution in [0.25, 0.3) is 0 Å². The van der Waals surface area contributed by atoms with Crippen LogP contribution in [-0.4, -0.2) is 140 Å². The fourth-order valence-corrected chi connectivity index (χ4v) is 3.68. The number of carbonyl (C=O) groups is 2. The van der Waals surface area contributed by atoms with Crippen molar-refractivity contribution >= 4 is 11.9 Å². The van der Waals surface area contributed by atoms with Crippen LogP contribution in [0.15, 0.2) is 0 Å². The maximum absolute atomic E-state index is 11.6. The van der Waals surface area contributed by atoms with Crippen molar-refractivity contribution in [3.05, 3.63) is 0 Å². The van der Waals surface area contributed by atoms with Crippen molar-refractivity contribution in [2.24, 2.45) is 0 Å². The van der Waals surface area contributed by atoms with Crippen molar-refractivity contribution in [1.29, 1.82) is 0 Å². The van der Waals surface area contributed by atoms with Gasteiger partial charge in [0.2, 0.25) is 11.7 Å². The van der Waals surface area contributed by atoms with Crippen molar-refractivity contribution < 1.29 is 64.7 Å². The zero-order valence-corrected chi connectivity index (χ0v) is 18.6. The first kappa shape index (κ1) is 28.7. The fraction of sp³-hybridized carbons (Fsp3) is 0.895. The van der Waals surface area contributed by atoms with E-state index in [1.54, 1.807) is 6.92 Å². The summed E-state index contributed by atoms with van der Waals surface area (Å²) in [4.78, 5) is 23.1. The number of carboxylic acid groups (broad SMARTS) is 1. The molecule has 0 aromatic rings. The molecule has 0 spiro atoms. The molecule has 0 bridgehead atoms. The van der Waals surface area contributed by atoms with Crippen LogP contribution in [0.4, 0.5) is 0 Å². The predicted molar refractivity (Wildman–Crippen MR) is 109 cm³/mol. The fourth-order valence-electron chi connectivity index (χ4n) is 3.68. The first-order valence-electron chi connectivity index (χ1n) is 10.9. The van der Waals surface area contributed by atoms with E-state index in [0.29, 0.717) is 6.54 Å². The van der Waals surface area contributed by atoms with Crippen molar-refractivity contribution in [2.75, 3.05) is 26.3 Å². The monoisotopic (exact) mass is 498 g/mol. The topological polar surface area (TPSA) is 248 Å². The third kappa shape index (κ3) is 6.79. The van der Waals surface area contributed by atoms with Crippen molar-refractivity contribution in [2.45, 2.75) is 80.6 Å². The second-order valence-corrected chi connectivity index (χ2v) is 8.23. The van der Waals surface area contributed by atoms with Crippen LogP contribution in [0.5, 0.6) is 0 Å². The number of amides is 1. The van der Waals surface area contributed by atoms with Gasteiger partial charge in [-0.25, -0.2) is 0 Å². The summed E-state index contributed by atoms with van der Waals surface area (Å²) >= 11 is 0. The van der Waals surface area contributed by atoms with Crippen LogP contribution in [0.3, 0.4) is 0 Å². The van der Waals surface area contributed by atoms with E-state index >= 15 is 0 Å². The van der Waals surface area contributed by atoms with Gasteiger partial charge in [0.1, 0.15) is 48.8 Å². The maximum atomic E-state index is 11.6. The van der Waals surface area contributed by atoms with Gasteiger partial charge in [0, 0.05) is 13.0 Å².